The maximum absolute atomic E-state index is 12.9. The number of anilines is 3. The van der Waals surface area contributed by atoms with Gasteiger partial charge in [0.05, 0.1) is 16.8 Å². The van der Waals surface area contributed by atoms with E-state index in [1.54, 1.807) is 12.4 Å². The summed E-state index contributed by atoms with van der Waals surface area (Å²) in [6.07, 6.45) is 0.0785. The van der Waals surface area contributed by atoms with Crippen LogP contribution in [0.4, 0.5) is 30.6 Å². The third-order valence-corrected chi connectivity index (χ3v) is 3.63. The van der Waals surface area contributed by atoms with Gasteiger partial charge in [-0.1, -0.05) is 11.6 Å². The third-order valence-electron chi connectivity index (χ3n) is 3.30. The standard InChI is InChI=1S/C16H12ClF3N6/c17-13-2-1-11(7-12(13)16(18,19)20)24-14-9-23-26-15(25-14)22-8-10-3-5-21-6-4-10/h1-7,9H,8H2,(H2,22,24,25,26). The molecule has 0 saturated heterocycles. The Morgan fingerprint density at radius 2 is 1.85 bits per heavy atom. The van der Waals surface area contributed by atoms with E-state index < -0.39 is 11.7 Å². The molecular weight excluding hydrogens is 369 g/mol. The van der Waals surface area contributed by atoms with Crippen LogP contribution in [0.3, 0.4) is 0 Å². The van der Waals surface area contributed by atoms with Gasteiger partial charge in [0.15, 0.2) is 5.82 Å². The molecule has 0 aliphatic carbocycles. The molecule has 2 aromatic heterocycles. The Labute approximate surface area is 151 Å². The van der Waals surface area contributed by atoms with Gasteiger partial charge in [-0.25, -0.2) is 0 Å². The van der Waals surface area contributed by atoms with Crippen molar-refractivity contribution in [1.82, 2.24) is 20.2 Å². The lowest BCUT2D eigenvalue weighted by Crippen LogP contribution is -2.08. The highest BCUT2D eigenvalue weighted by molar-refractivity contribution is 6.31. The summed E-state index contributed by atoms with van der Waals surface area (Å²) in [5, 5.41) is 13.0. The van der Waals surface area contributed by atoms with Crippen molar-refractivity contribution < 1.29 is 13.2 Å². The van der Waals surface area contributed by atoms with Crippen LogP contribution < -0.4 is 10.6 Å². The molecule has 1 aromatic carbocycles. The van der Waals surface area contributed by atoms with Crippen LogP contribution in [-0.2, 0) is 12.7 Å². The Kier molecular flexibility index (Phi) is 5.17. The Morgan fingerprint density at radius 3 is 2.58 bits per heavy atom. The third kappa shape index (κ3) is 4.57. The molecule has 2 heterocycles. The van der Waals surface area contributed by atoms with Crippen molar-refractivity contribution in [3.8, 4) is 0 Å². The Hall–Kier alpha value is -2.94. The molecule has 0 bridgehead atoms. The first-order valence-electron chi connectivity index (χ1n) is 7.38. The number of halogens is 4. The van der Waals surface area contributed by atoms with E-state index >= 15 is 0 Å². The number of alkyl halides is 3. The molecule has 3 rings (SSSR count). The molecule has 0 atom stereocenters. The normalized spacial score (nSPS) is 11.2. The van der Waals surface area contributed by atoms with E-state index in [9.17, 15) is 13.2 Å². The highest BCUT2D eigenvalue weighted by atomic mass is 35.5. The van der Waals surface area contributed by atoms with E-state index in [4.69, 9.17) is 11.6 Å². The maximum Gasteiger partial charge on any atom is 0.417 e. The molecule has 134 valence electrons. The van der Waals surface area contributed by atoms with Gasteiger partial charge in [0.2, 0.25) is 5.95 Å². The minimum Gasteiger partial charge on any atom is -0.349 e. The fourth-order valence-corrected chi connectivity index (χ4v) is 2.31. The van der Waals surface area contributed by atoms with Crippen molar-refractivity contribution in [2.75, 3.05) is 10.6 Å². The van der Waals surface area contributed by atoms with Crippen molar-refractivity contribution in [3.63, 3.8) is 0 Å². The molecule has 0 aliphatic rings. The summed E-state index contributed by atoms with van der Waals surface area (Å²) in [7, 11) is 0. The van der Waals surface area contributed by atoms with Gasteiger partial charge in [-0.2, -0.15) is 23.3 Å². The zero-order valence-electron chi connectivity index (χ0n) is 13.1. The second-order valence-corrected chi connectivity index (χ2v) is 5.60. The van der Waals surface area contributed by atoms with Crippen LogP contribution in [0.5, 0.6) is 0 Å². The van der Waals surface area contributed by atoms with Gasteiger partial charge in [0.1, 0.15) is 0 Å². The predicted molar refractivity (Wildman–Crippen MR) is 91.1 cm³/mol. The van der Waals surface area contributed by atoms with Crippen LogP contribution in [0.25, 0.3) is 0 Å². The second kappa shape index (κ2) is 7.52. The SMILES string of the molecule is FC(F)(F)c1cc(Nc2cnnc(NCc3ccncc3)n2)ccc1Cl. The zero-order valence-corrected chi connectivity index (χ0v) is 13.9. The summed E-state index contributed by atoms with van der Waals surface area (Å²) in [6.45, 7) is 0.451. The molecule has 0 unspecified atom stereocenters. The first kappa shape index (κ1) is 17.9. The molecule has 0 spiro atoms. The van der Waals surface area contributed by atoms with Crippen LogP contribution >= 0.6 is 11.6 Å². The predicted octanol–water partition coefficient (Wildman–Crippen LogP) is 4.29. The largest absolute Gasteiger partial charge is 0.417 e. The molecular formula is C16H12ClF3N6. The number of aromatic nitrogens is 4. The smallest absolute Gasteiger partial charge is 0.349 e. The zero-order chi connectivity index (χ0) is 18.6. The van der Waals surface area contributed by atoms with Crippen molar-refractivity contribution in [2.45, 2.75) is 12.7 Å². The number of benzene rings is 1. The molecule has 3 aromatic rings. The fraction of sp³-hybridized carbons (Fsp3) is 0.125. The van der Waals surface area contributed by atoms with Crippen LogP contribution in [0.15, 0.2) is 48.9 Å². The van der Waals surface area contributed by atoms with Crippen LogP contribution in [0, 0.1) is 0 Å². The van der Waals surface area contributed by atoms with E-state index in [0.717, 1.165) is 11.6 Å². The average Bonchev–Trinajstić information content (AvgIpc) is 2.62. The van der Waals surface area contributed by atoms with E-state index in [0.29, 0.717) is 6.54 Å². The van der Waals surface area contributed by atoms with Crippen LogP contribution in [0.1, 0.15) is 11.1 Å². The number of nitrogens with one attached hydrogen (secondary N) is 2. The lowest BCUT2D eigenvalue weighted by Gasteiger charge is -2.12. The average molecular weight is 381 g/mol. The summed E-state index contributed by atoms with van der Waals surface area (Å²) >= 11 is 5.61. The highest BCUT2D eigenvalue weighted by Crippen LogP contribution is 2.36. The summed E-state index contributed by atoms with van der Waals surface area (Å²) in [6, 6.07) is 7.16. The van der Waals surface area contributed by atoms with Crippen LogP contribution in [0.2, 0.25) is 5.02 Å². The number of hydrogen-bond acceptors (Lipinski definition) is 6. The van der Waals surface area contributed by atoms with Gasteiger partial charge in [0.25, 0.3) is 0 Å². The van der Waals surface area contributed by atoms with Crippen molar-refractivity contribution in [2.24, 2.45) is 0 Å². The first-order chi connectivity index (χ1) is 12.4. The minimum atomic E-state index is -4.55. The molecule has 0 fully saturated rings. The van der Waals surface area contributed by atoms with E-state index in [2.05, 4.69) is 30.8 Å². The Balaban J connectivity index is 1.73. The molecule has 10 heteroatoms. The van der Waals surface area contributed by atoms with Gasteiger partial charge in [-0.15, -0.1) is 5.10 Å². The molecule has 0 saturated carbocycles. The number of nitrogens with zero attached hydrogens (tertiary/aromatic N) is 4. The molecule has 26 heavy (non-hydrogen) atoms. The summed E-state index contributed by atoms with van der Waals surface area (Å²) in [4.78, 5) is 8.09. The minimum absolute atomic E-state index is 0.183. The van der Waals surface area contributed by atoms with Crippen molar-refractivity contribution >= 4 is 29.1 Å². The number of pyridine rings is 1. The van der Waals surface area contributed by atoms with Crippen molar-refractivity contribution in [3.05, 3.63) is 65.1 Å². The Bertz CT molecular complexity index is 889. The number of rotatable bonds is 5. The monoisotopic (exact) mass is 380 g/mol. The van der Waals surface area contributed by atoms with Gasteiger partial charge in [-0.3, -0.25) is 4.98 Å². The van der Waals surface area contributed by atoms with E-state index in [-0.39, 0.29) is 22.5 Å². The molecule has 0 aliphatic heterocycles. The molecule has 0 radical (unpaired) electrons. The number of hydrogen-bond donors (Lipinski definition) is 2. The lowest BCUT2D eigenvalue weighted by molar-refractivity contribution is -0.137. The fourth-order valence-electron chi connectivity index (χ4n) is 2.09. The lowest BCUT2D eigenvalue weighted by atomic mass is 10.2. The first-order valence-corrected chi connectivity index (χ1v) is 7.76. The van der Waals surface area contributed by atoms with Crippen LogP contribution in [-0.4, -0.2) is 20.2 Å². The second-order valence-electron chi connectivity index (χ2n) is 5.19. The van der Waals surface area contributed by atoms with Crippen molar-refractivity contribution in [1.29, 1.82) is 0 Å². The summed E-state index contributed by atoms with van der Waals surface area (Å²) in [5.74, 6) is 0.476. The Morgan fingerprint density at radius 1 is 1.08 bits per heavy atom. The topological polar surface area (TPSA) is 75.6 Å². The summed E-state index contributed by atoms with van der Waals surface area (Å²) in [5.41, 5.74) is 0.221. The van der Waals surface area contributed by atoms with Gasteiger partial charge in [-0.05, 0) is 35.9 Å². The van der Waals surface area contributed by atoms with E-state index in [1.165, 1.54) is 18.3 Å². The highest BCUT2D eigenvalue weighted by Gasteiger charge is 2.33. The maximum atomic E-state index is 12.9. The van der Waals surface area contributed by atoms with Gasteiger partial charge >= 0.3 is 6.18 Å². The van der Waals surface area contributed by atoms with Gasteiger partial charge in [0, 0.05) is 24.6 Å². The quantitative estimate of drug-likeness (QED) is 0.687. The summed E-state index contributed by atoms with van der Waals surface area (Å²) < 4.78 is 38.8. The molecule has 6 nitrogen and oxygen atoms in total. The van der Waals surface area contributed by atoms with Gasteiger partial charge < -0.3 is 10.6 Å². The molecule has 2 N–H and O–H groups in total. The molecule has 0 amide bonds. The van der Waals surface area contributed by atoms with E-state index in [1.807, 2.05) is 12.1 Å².